The molecule has 7 heteroatoms. The van der Waals surface area contributed by atoms with Gasteiger partial charge in [0.25, 0.3) is 11.8 Å². The Morgan fingerprint density at radius 3 is 2.31 bits per heavy atom. The molecule has 0 saturated carbocycles. The Hall–Kier alpha value is -4.39. The highest BCUT2D eigenvalue weighted by molar-refractivity contribution is 6.39. The number of anilines is 1. The van der Waals surface area contributed by atoms with E-state index in [9.17, 15) is 14.4 Å². The van der Waals surface area contributed by atoms with Crippen molar-refractivity contribution >= 4 is 29.6 Å². The number of hydrogen-bond acceptors (Lipinski definition) is 5. The average molecular weight is 471 g/mol. The molecule has 3 aromatic carbocycles. The van der Waals surface area contributed by atoms with Crippen LogP contribution in [0.25, 0.3) is 6.08 Å². The summed E-state index contributed by atoms with van der Waals surface area (Å²) >= 11 is 0. The Bertz CT molecular complexity index is 1340. The van der Waals surface area contributed by atoms with Gasteiger partial charge in [-0.15, -0.1) is 0 Å². The van der Waals surface area contributed by atoms with Crippen molar-refractivity contribution in [1.82, 2.24) is 5.32 Å². The number of nitrogens with zero attached hydrogens (tertiary/aromatic N) is 1. The van der Waals surface area contributed by atoms with E-state index in [0.29, 0.717) is 22.7 Å². The number of methoxy groups -OCH3 is 1. The minimum Gasteiger partial charge on any atom is -0.497 e. The van der Waals surface area contributed by atoms with Crippen molar-refractivity contribution in [1.29, 1.82) is 0 Å². The minimum atomic E-state index is -0.786. The van der Waals surface area contributed by atoms with Gasteiger partial charge in [0.2, 0.25) is 0 Å². The molecule has 0 bridgehead atoms. The van der Waals surface area contributed by atoms with Gasteiger partial charge in [-0.1, -0.05) is 35.9 Å². The monoisotopic (exact) mass is 470 g/mol. The molecule has 1 fully saturated rings. The number of carbonyl (C=O) groups is 3. The second-order valence-electron chi connectivity index (χ2n) is 8.40. The summed E-state index contributed by atoms with van der Waals surface area (Å²) < 4.78 is 11.4. The first kappa shape index (κ1) is 23.8. The number of carbonyl (C=O) groups excluding carboxylic acids is 3. The van der Waals surface area contributed by atoms with Gasteiger partial charge in [0.1, 0.15) is 23.7 Å². The number of urea groups is 1. The molecule has 1 saturated heterocycles. The van der Waals surface area contributed by atoms with Gasteiger partial charge in [0, 0.05) is 11.6 Å². The van der Waals surface area contributed by atoms with Crippen LogP contribution in [0, 0.1) is 20.8 Å². The summed E-state index contributed by atoms with van der Waals surface area (Å²) in [5.74, 6) is -0.465. The molecule has 7 nitrogen and oxygen atoms in total. The maximum absolute atomic E-state index is 13.3. The van der Waals surface area contributed by atoms with Crippen LogP contribution in [0.4, 0.5) is 10.5 Å². The van der Waals surface area contributed by atoms with Gasteiger partial charge in [-0.05, 0) is 67.8 Å². The third-order valence-corrected chi connectivity index (χ3v) is 5.89. The number of imide groups is 2. The molecule has 0 aliphatic carbocycles. The molecule has 0 atom stereocenters. The first-order valence-electron chi connectivity index (χ1n) is 11.1. The van der Waals surface area contributed by atoms with E-state index < -0.39 is 17.8 Å². The van der Waals surface area contributed by atoms with E-state index in [1.165, 1.54) is 6.08 Å². The Balaban J connectivity index is 1.68. The molecule has 1 N–H and O–H groups in total. The zero-order valence-corrected chi connectivity index (χ0v) is 20.0. The van der Waals surface area contributed by atoms with E-state index in [2.05, 4.69) is 5.32 Å². The van der Waals surface area contributed by atoms with E-state index in [0.717, 1.165) is 27.2 Å². The summed E-state index contributed by atoms with van der Waals surface area (Å²) in [6.07, 6.45) is 1.43. The van der Waals surface area contributed by atoms with E-state index in [-0.39, 0.29) is 12.2 Å². The number of nitrogens with one attached hydrogen (secondary N) is 1. The topological polar surface area (TPSA) is 84.9 Å². The van der Waals surface area contributed by atoms with Crippen LogP contribution in [0.5, 0.6) is 11.5 Å². The molecule has 0 radical (unpaired) electrons. The lowest BCUT2D eigenvalue weighted by atomic mass is 10.0. The van der Waals surface area contributed by atoms with Gasteiger partial charge >= 0.3 is 6.03 Å². The SMILES string of the molecule is COc1ccc(/C=C2\C(=O)NC(=O)N(c3ccc(C)c(C)c3)C2=O)c(OCc2ccc(C)cc2)c1. The van der Waals surface area contributed by atoms with Crippen molar-refractivity contribution in [3.63, 3.8) is 0 Å². The summed E-state index contributed by atoms with van der Waals surface area (Å²) in [5.41, 5.74) is 4.78. The molecule has 3 aromatic rings. The van der Waals surface area contributed by atoms with Crippen LogP contribution in [-0.4, -0.2) is 25.0 Å². The predicted octanol–water partition coefficient (Wildman–Crippen LogP) is 4.87. The Morgan fingerprint density at radius 1 is 0.886 bits per heavy atom. The third kappa shape index (κ3) is 5.09. The highest BCUT2D eigenvalue weighted by atomic mass is 16.5. The standard InChI is InChI=1S/C28H26N2O5/c1-17-5-8-20(9-6-17)16-35-25-15-23(34-4)12-10-21(25)14-24-26(31)29-28(33)30(27(24)32)22-11-7-18(2)19(3)13-22/h5-15H,16H2,1-4H3,(H,29,31,33)/b24-14+. The van der Waals surface area contributed by atoms with Crippen LogP contribution in [0.15, 0.2) is 66.2 Å². The number of amides is 4. The van der Waals surface area contributed by atoms with Gasteiger partial charge in [-0.3, -0.25) is 14.9 Å². The van der Waals surface area contributed by atoms with Gasteiger partial charge in [-0.25, -0.2) is 9.69 Å². The summed E-state index contributed by atoms with van der Waals surface area (Å²) in [6.45, 7) is 6.13. The second-order valence-corrected chi connectivity index (χ2v) is 8.40. The molecule has 1 aliphatic heterocycles. The van der Waals surface area contributed by atoms with Gasteiger partial charge in [0.15, 0.2) is 0 Å². The van der Waals surface area contributed by atoms with E-state index in [1.54, 1.807) is 37.4 Å². The Labute approximate surface area is 204 Å². The summed E-state index contributed by atoms with van der Waals surface area (Å²) in [4.78, 5) is 39.5. The van der Waals surface area contributed by atoms with Crippen molar-refractivity contribution < 1.29 is 23.9 Å². The molecule has 0 unspecified atom stereocenters. The highest BCUT2D eigenvalue weighted by Gasteiger charge is 2.37. The molecule has 0 spiro atoms. The fraction of sp³-hybridized carbons (Fsp3) is 0.179. The maximum atomic E-state index is 13.3. The molecule has 35 heavy (non-hydrogen) atoms. The van der Waals surface area contributed by atoms with Crippen LogP contribution in [0.1, 0.15) is 27.8 Å². The number of hydrogen-bond donors (Lipinski definition) is 1. The first-order valence-corrected chi connectivity index (χ1v) is 11.1. The predicted molar refractivity (Wildman–Crippen MR) is 133 cm³/mol. The van der Waals surface area contributed by atoms with Crippen molar-refractivity contribution in [3.8, 4) is 11.5 Å². The molecule has 178 valence electrons. The summed E-state index contributed by atoms with van der Waals surface area (Å²) in [6, 6.07) is 17.5. The fourth-order valence-electron chi connectivity index (χ4n) is 3.64. The highest BCUT2D eigenvalue weighted by Crippen LogP contribution is 2.30. The van der Waals surface area contributed by atoms with Crippen LogP contribution in [0.2, 0.25) is 0 Å². The maximum Gasteiger partial charge on any atom is 0.335 e. The van der Waals surface area contributed by atoms with Gasteiger partial charge in [-0.2, -0.15) is 0 Å². The molecule has 1 aliphatic rings. The van der Waals surface area contributed by atoms with Crippen LogP contribution < -0.4 is 19.7 Å². The van der Waals surface area contributed by atoms with Crippen LogP contribution in [-0.2, 0) is 16.2 Å². The average Bonchev–Trinajstić information content (AvgIpc) is 2.84. The lowest BCUT2D eigenvalue weighted by Gasteiger charge is -2.27. The zero-order valence-electron chi connectivity index (χ0n) is 20.0. The van der Waals surface area contributed by atoms with Crippen molar-refractivity contribution in [2.75, 3.05) is 12.0 Å². The Morgan fingerprint density at radius 2 is 1.63 bits per heavy atom. The quantitative estimate of drug-likeness (QED) is 0.411. The number of aryl methyl sites for hydroxylation is 3. The number of ether oxygens (including phenoxy) is 2. The third-order valence-electron chi connectivity index (χ3n) is 5.89. The number of rotatable bonds is 6. The molecular formula is C28H26N2O5. The first-order chi connectivity index (χ1) is 16.8. The summed E-state index contributed by atoms with van der Waals surface area (Å²) in [5, 5.41) is 2.26. The molecule has 0 aromatic heterocycles. The van der Waals surface area contributed by atoms with E-state index in [4.69, 9.17) is 9.47 Å². The van der Waals surface area contributed by atoms with Crippen molar-refractivity contribution in [3.05, 3.63) is 94.1 Å². The minimum absolute atomic E-state index is 0.173. The largest absolute Gasteiger partial charge is 0.497 e. The lowest BCUT2D eigenvalue weighted by Crippen LogP contribution is -2.54. The summed E-state index contributed by atoms with van der Waals surface area (Å²) in [7, 11) is 1.54. The fourth-order valence-corrected chi connectivity index (χ4v) is 3.64. The van der Waals surface area contributed by atoms with Gasteiger partial charge < -0.3 is 9.47 Å². The van der Waals surface area contributed by atoms with E-state index in [1.807, 2.05) is 51.1 Å². The van der Waals surface area contributed by atoms with Crippen LogP contribution in [0.3, 0.4) is 0 Å². The van der Waals surface area contributed by atoms with Crippen molar-refractivity contribution in [2.45, 2.75) is 27.4 Å². The smallest absolute Gasteiger partial charge is 0.335 e. The number of benzene rings is 3. The van der Waals surface area contributed by atoms with Crippen molar-refractivity contribution in [2.24, 2.45) is 0 Å². The molecule has 4 amide bonds. The second kappa shape index (κ2) is 9.85. The molecule has 4 rings (SSSR count). The Kier molecular flexibility index (Phi) is 6.68. The van der Waals surface area contributed by atoms with E-state index >= 15 is 0 Å². The van der Waals surface area contributed by atoms with Gasteiger partial charge in [0.05, 0.1) is 12.8 Å². The molecular weight excluding hydrogens is 444 g/mol. The normalized spacial score (nSPS) is 14.8. The van der Waals surface area contributed by atoms with Crippen LogP contribution >= 0.6 is 0 Å². The number of barbiturate groups is 1. The molecule has 1 heterocycles. The lowest BCUT2D eigenvalue weighted by molar-refractivity contribution is -0.122. The zero-order chi connectivity index (χ0) is 25.1.